The van der Waals surface area contributed by atoms with Gasteiger partial charge in [-0.2, -0.15) is 0 Å². The van der Waals surface area contributed by atoms with Crippen molar-refractivity contribution in [2.24, 2.45) is 11.8 Å². The fourth-order valence-corrected chi connectivity index (χ4v) is 2.62. The van der Waals surface area contributed by atoms with Crippen LogP contribution in [0.25, 0.3) is 0 Å². The maximum Gasteiger partial charge on any atom is 0.143 e. The van der Waals surface area contributed by atoms with Gasteiger partial charge in [0.25, 0.3) is 0 Å². The Morgan fingerprint density at radius 2 is 1.94 bits per heavy atom. The lowest BCUT2D eigenvalue weighted by Crippen LogP contribution is -2.05. The number of nitrogens with zero attached hydrogens (tertiary/aromatic N) is 1. The van der Waals surface area contributed by atoms with Gasteiger partial charge in [0.15, 0.2) is 0 Å². The van der Waals surface area contributed by atoms with Crippen LogP contribution in [-0.4, -0.2) is 16.5 Å². The number of hydrogen-bond donors (Lipinski definition) is 0. The average molecular weight is 265 g/mol. The normalized spacial score (nSPS) is 11.2. The lowest BCUT2D eigenvalue weighted by Gasteiger charge is -2.07. The second kappa shape index (κ2) is 7.57. The van der Waals surface area contributed by atoms with Gasteiger partial charge < -0.3 is 0 Å². The number of rotatable bonds is 7. The van der Waals surface area contributed by atoms with Gasteiger partial charge in [0.1, 0.15) is 5.78 Å². The molecule has 0 radical (unpaired) electrons. The van der Waals surface area contributed by atoms with E-state index in [1.54, 1.807) is 11.8 Å². The Bertz CT molecular complexity index is 388. The highest BCUT2D eigenvalue weighted by Gasteiger charge is 2.07. The zero-order valence-corrected chi connectivity index (χ0v) is 12.6. The van der Waals surface area contributed by atoms with Crippen molar-refractivity contribution >= 4 is 17.5 Å². The lowest BCUT2D eigenvalue weighted by molar-refractivity contribution is -0.117. The molecule has 0 bridgehead atoms. The molecular weight excluding hydrogens is 242 g/mol. The van der Waals surface area contributed by atoms with Gasteiger partial charge in [0, 0.05) is 23.7 Å². The van der Waals surface area contributed by atoms with E-state index in [0.29, 0.717) is 29.8 Å². The lowest BCUT2D eigenvalue weighted by atomic mass is 10.1. The number of hydrogen-bond acceptors (Lipinski definition) is 3. The molecule has 1 aromatic heterocycles. The van der Waals surface area contributed by atoms with Crippen LogP contribution in [0.1, 0.15) is 39.7 Å². The molecule has 0 aliphatic rings. The third-order valence-corrected chi connectivity index (χ3v) is 3.47. The second-order valence-corrected chi connectivity index (χ2v) is 6.60. The van der Waals surface area contributed by atoms with Gasteiger partial charge >= 0.3 is 0 Å². The van der Waals surface area contributed by atoms with Crippen molar-refractivity contribution in [1.29, 1.82) is 0 Å². The molecule has 3 heteroatoms. The maximum absolute atomic E-state index is 11.6. The van der Waals surface area contributed by atoms with Gasteiger partial charge in [0.2, 0.25) is 0 Å². The standard InChI is InChI=1S/C15H23NOS/c1-11(2)5-13-7-15(9-16-8-13)18-10-14(17)6-12(3)4/h7-9,11-12H,5-6,10H2,1-4H3. The quantitative estimate of drug-likeness (QED) is 0.698. The van der Waals surface area contributed by atoms with Crippen LogP contribution in [-0.2, 0) is 11.2 Å². The second-order valence-electron chi connectivity index (χ2n) is 5.55. The number of Topliss-reactive ketones (excluding diaryl/α,β-unsaturated/α-hetero) is 1. The van der Waals surface area contributed by atoms with Crippen LogP contribution < -0.4 is 0 Å². The van der Waals surface area contributed by atoms with E-state index in [1.807, 2.05) is 12.4 Å². The summed E-state index contributed by atoms with van der Waals surface area (Å²) in [5.74, 6) is 1.97. The van der Waals surface area contributed by atoms with Crippen LogP contribution in [0.15, 0.2) is 23.4 Å². The Hall–Kier alpha value is -0.830. The first-order valence-electron chi connectivity index (χ1n) is 6.55. The predicted molar refractivity (Wildman–Crippen MR) is 78.0 cm³/mol. The number of carbonyl (C=O) groups excluding carboxylic acids is 1. The zero-order valence-electron chi connectivity index (χ0n) is 11.8. The van der Waals surface area contributed by atoms with E-state index >= 15 is 0 Å². The summed E-state index contributed by atoms with van der Waals surface area (Å²) < 4.78 is 0. The average Bonchev–Trinajstić information content (AvgIpc) is 2.25. The van der Waals surface area contributed by atoms with E-state index in [9.17, 15) is 4.79 Å². The number of ketones is 1. The van der Waals surface area contributed by atoms with Gasteiger partial charge in [-0.25, -0.2) is 0 Å². The minimum Gasteiger partial charge on any atom is -0.299 e. The van der Waals surface area contributed by atoms with E-state index in [0.717, 1.165) is 11.3 Å². The first kappa shape index (κ1) is 15.2. The Morgan fingerprint density at radius 3 is 2.56 bits per heavy atom. The maximum atomic E-state index is 11.6. The molecule has 1 heterocycles. The van der Waals surface area contributed by atoms with E-state index in [-0.39, 0.29) is 0 Å². The number of thioether (sulfide) groups is 1. The van der Waals surface area contributed by atoms with Crippen molar-refractivity contribution in [2.75, 3.05) is 5.75 Å². The third-order valence-electron chi connectivity index (χ3n) is 2.45. The SMILES string of the molecule is CC(C)CC(=O)CSc1cncc(CC(C)C)c1. The summed E-state index contributed by atoms with van der Waals surface area (Å²) >= 11 is 1.60. The minimum atomic E-state index is 0.323. The molecule has 0 amide bonds. The molecule has 100 valence electrons. The largest absolute Gasteiger partial charge is 0.299 e. The summed E-state index contributed by atoms with van der Waals surface area (Å²) in [5, 5.41) is 0. The molecule has 0 atom stereocenters. The fourth-order valence-electron chi connectivity index (χ4n) is 1.80. The Labute approximate surface area is 115 Å². The number of aromatic nitrogens is 1. The molecule has 0 aromatic carbocycles. The van der Waals surface area contributed by atoms with Crippen LogP contribution in [0.4, 0.5) is 0 Å². The predicted octanol–water partition coefficient (Wildman–Crippen LogP) is 3.99. The van der Waals surface area contributed by atoms with Gasteiger partial charge in [0.05, 0.1) is 5.75 Å². The summed E-state index contributed by atoms with van der Waals surface area (Å²) in [6.07, 6.45) is 5.48. The minimum absolute atomic E-state index is 0.323. The van der Waals surface area contributed by atoms with E-state index < -0.39 is 0 Å². The molecule has 0 spiro atoms. The third kappa shape index (κ3) is 6.20. The first-order valence-corrected chi connectivity index (χ1v) is 7.54. The van der Waals surface area contributed by atoms with E-state index in [2.05, 4.69) is 38.7 Å². The number of carbonyl (C=O) groups is 1. The molecule has 0 aliphatic heterocycles. The summed E-state index contributed by atoms with van der Waals surface area (Å²) in [7, 11) is 0. The van der Waals surface area contributed by atoms with Gasteiger partial charge in [-0.1, -0.05) is 27.7 Å². The van der Waals surface area contributed by atoms with Gasteiger partial charge in [-0.05, 0) is 29.9 Å². The highest BCUT2D eigenvalue weighted by molar-refractivity contribution is 8.00. The molecule has 1 aromatic rings. The molecule has 2 nitrogen and oxygen atoms in total. The molecule has 0 unspecified atom stereocenters. The van der Waals surface area contributed by atoms with Crippen molar-refractivity contribution in [3.05, 3.63) is 24.0 Å². The van der Waals surface area contributed by atoms with Crippen LogP contribution in [0, 0.1) is 11.8 Å². The van der Waals surface area contributed by atoms with Crippen molar-refractivity contribution in [2.45, 2.75) is 45.4 Å². The number of pyridine rings is 1. The van der Waals surface area contributed by atoms with Crippen LogP contribution in [0.3, 0.4) is 0 Å². The molecule has 0 aliphatic carbocycles. The molecule has 0 saturated carbocycles. The molecule has 1 rings (SSSR count). The molecular formula is C15H23NOS. The molecule has 0 saturated heterocycles. The van der Waals surface area contributed by atoms with Crippen molar-refractivity contribution in [3.8, 4) is 0 Å². The highest BCUT2D eigenvalue weighted by Crippen LogP contribution is 2.20. The smallest absolute Gasteiger partial charge is 0.143 e. The highest BCUT2D eigenvalue weighted by atomic mass is 32.2. The van der Waals surface area contributed by atoms with Crippen molar-refractivity contribution in [3.63, 3.8) is 0 Å². The van der Waals surface area contributed by atoms with Crippen molar-refractivity contribution in [1.82, 2.24) is 4.98 Å². The van der Waals surface area contributed by atoms with Crippen molar-refractivity contribution < 1.29 is 4.79 Å². The molecule has 0 fully saturated rings. The van der Waals surface area contributed by atoms with Gasteiger partial charge in [-0.15, -0.1) is 11.8 Å². The Kier molecular flexibility index (Phi) is 6.41. The summed E-state index contributed by atoms with van der Waals surface area (Å²) in [4.78, 5) is 17.0. The zero-order chi connectivity index (χ0) is 13.5. The van der Waals surface area contributed by atoms with Crippen LogP contribution in [0.5, 0.6) is 0 Å². The van der Waals surface area contributed by atoms with Crippen LogP contribution >= 0.6 is 11.8 Å². The first-order chi connectivity index (χ1) is 8.47. The van der Waals surface area contributed by atoms with E-state index in [1.165, 1.54) is 5.56 Å². The molecule has 18 heavy (non-hydrogen) atoms. The summed E-state index contributed by atoms with van der Waals surface area (Å²) in [6, 6.07) is 2.15. The summed E-state index contributed by atoms with van der Waals surface area (Å²) in [5.41, 5.74) is 1.26. The van der Waals surface area contributed by atoms with Gasteiger partial charge in [-0.3, -0.25) is 9.78 Å². The Balaban J connectivity index is 2.49. The fraction of sp³-hybridized carbons (Fsp3) is 0.600. The van der Waals surface area contributed by atoms with Crippen LogP contribution in [0.2, 0.25) is 0 Å². The van der Waals surface area contributed by atoms with E-state index in [4.69, 9.17) is 0 Å². The topological polar surface area (TPSA) is 30.0 Å². The summed E-state index contributed by atoms with van der Waals surface area (Å²) in [6.45, 7) is 8.55. The monoisotopic (exact) mass is 265 g/mol. The molecule has 0 N–H and O–H groups in total. The Morgan fingerprint density at radius 1 is 1.22 bits per heavy atom.